The van der Waals surface area contributed by atoms with Gasteiger partial charge in [0.15, 0.2) is 5.78 Å². The lowest BCUT2D eigenvalue weighted by Crippen LogP contribution is -2.38. The Kier molecular flexibility index (Phi) is 4.97. The molecule has 0 bridgehead atoms. The normalized spacial score (nSPS) is 20.0. The molecule has 2 aromatic rings. The summed E-state index contributed by atoms with van der Waals surface area (Å²) < 4.78 is 1.81. The van der Waals surface area contributed by atoms with Crippen LogP contribution in [-0.2, 0) is 4.79 Å². The van der Waals surface area contributed by atoms with Crippen molar-refractivity contribution in [3.05, 3.63) is 72.2 Å². The monoisotopic (exact) mass is 503 g/mol. The molecule has 0 amide bonds. The molecule has 0 fully saturated rings. The van der Waals surface area contributed by atoms with Crippen molar-refractivity contribution in [3.8, 4) is 6.07 Å². The van der Waals surface area contributed by atoms with Crippen LogP contribution in [0.5, 0.6) is 0 Å². The van der Waals surface area contributed by atoms with E-state index in [-0.39, 0.29) is 5.78 Å². The molecule has 4 nitrogen and oxygen atoms in total. The second kappa shape index (κ2) is 7.27. The fraction of sp³-hybridized carbons (Fsp3) is 0.200. The Labute approximate surface area is 178 Å². The highest BCUT2D eigenvalue weighted by Gasteiger charge is 2.41. The molecular formula is C20H15Br2N3OS. The molecule has 1 aliphatic carbocycles. The number of carbonyl (C=O) groups excluding carboxylic acids is 1. The van der Waals surface area contributed by atoms with Gasteiger partial charge in [0.25, 0.3) is 0 Å². The zero-order chi connectivity index (χ0) is 19.1. The van der Waals surface area contributed by atoms with E-state index in [2.05, 4.69) is 37.9 Å². The molecule has 2 N–H and O–H groups in total. The maximum atomic E-state index is 13.0. The second-order valence-corrected chi connectivity index (χ2v) is 9.15. The lowest BCUT2D eigenvalue weighted by atomic mass is 9.78. The molecule has 0 radical (unpaired) electrons. The number of nitrogens with two attached hydrogens (primary N) is 1. The minimum Gasteiger partial charge on any atom is -0.384 e. The zero-order valence-electron chi connectivity index (χ0n) is 14.2. The number of benzene rings is 1. The van der Waals surface area contributed by atoms with Crippen LogP contribution in [0.15, 0.2) is 67.3 Å². The number of ketones is 1. The molecule has 1 atom stereocenters. The minimum atomic E-state index is -0.396. The van der Waals surface area contributed by atoms with Crippen LogP contribution in [-0.4, -0.2) is 5.78 Å². The van der Waals surface area contributed by atoms with E-state index in [9.17, 15) is 10.1 Å². The van der Waals surface area contributed by atoms with Crippen LogP contribution in [0.1, 0.15) is 30.1 Å². The smallest absolute Gasteiger partial charge is 0.161 e. The Bertz CT molecular complexity index is 1050. The van der Waals surface area contributed by atoms with Crippen LogP contribution >= 0.6 is 43.2 Å². The van der Waals surface area contributed by atoms with Crippen molar-refractivity contribution in [1.29, 1.82) is 5.26 Å². The first-order chi connectivity index (χ1) is 13.0. The average Bonchev–Trinajstić information content (AvgIpc) is 3.08. The highest BCUT2D eigenvalue weighted by molar-refractivity contribution is 9.10. The number of halogens is 2. The van der Waals surface area contributed by atoms with Crippen LogP contribution in [0.4, 0.5) is 5.69 Å². The van der Waals surface area contributed by atoms with E-state index >= 15 is 0 Å². The summed E-state index contributed by atoms with van der Waals surface area (Å²) in [6, 6.07) is 12.0. The predicted molar refractivity (Wildman–Crippen MR) is 114 cm³/mol. The van der Waals surface area contributed by atoms with Crippen molar-refractivity contribution in [1.82, 2.24) is 0 Å². The summed E-state index contributed by atoms with van der Waals surface area (Å²) in [7, 11) is 0. The lowest BCUT2D eigenvalue weighted by molar-refractivity contribution is -0.116. The second-order valence-electron chi connectivity index (χ2n) is 6.43. The number of rotatable bonds is 2. The SMILES string of the molecule is N#CC1=C(N)N(c2ccccc2Br)C2=C(C(=O)CCC2)C1c1cc(Br)cs1. The van der Waals surface area contributed by atoms with E-state index in [1.54, 1.807) is 0 Å². The molecule has 2 aliphatic rings. The third-order valence-electron chi connectivity index (χ3n) is 4.88. The van der Waals surface area contributed by atoms with Crippen LogP contribution in [0.25, 0.3) is 0 Å². The molecule has 1 aliphatic heterocycles. The minimum absolute atomic E-state index is 0.100. The Balaban J connectivity index is 1.99. The van der Waals surface area contributed by atoms with Crippen molar-refractivity contribution in [3.63, 3.8) is 0 Å². The first-order valence-electron chi connectivity index (χ1n) is 8.47. The van der Waals surface area contributed by atoms with Gasteiger partial charge in [-0.3, -0.25) is 9.69 Å². The predicted octanol–water partition coefficient (Wildman–Crippen LogP) is 5.58. The number of hydrogen-bond acceptors (Lipinski definition) is 5. The first kappa shape index (κ1) is 18.5. The number of anilines is 1. The van der Waals surface area contributed by atoms with Crippen LogP contribution in [0.2, 0.25) is 0 Å². The molecule has 1 unspecified atom stereocenters. The van der Waals surface area contributed by atoms with Gasteiger partial charge in [-0.05, 0) is 62.9 Å². The van der Waals surface area contributed by atoms with Crippen LogP contribution in [0.3, 0.4) is 0 Å². The molecular weight excluding hydrogens is 490 g/mol. The van der Waals surface area contributed by atoms with Gasteiger partial charge >= 0.3 is 0 Å². The van der Waals surface area contributed by atoms with E-state index in [1.165, 1.54) is 11.3 Å². The largest absolute Gasteiger partial charge is 0.384 e. The van der Waals surface area contributed by atoms with E-state index < -0.39 is 5.92 Å². The molecule has 2 heterocycles. The van der Waals surface area contributed by atoms with E-state index in [1.807, 2.05) is 40.6 Å². The summed E-state index contributed by atoms with van der Waals surface area (Å²) in [6.07, 6.45) is 2.05. The molecule has 1 aromatic heterocycles. The number of para-hydroxylation sites is 1. The number of Topliss-reactive ketones (excluding diaryl/α,β-unsaturated/α-hetero) is 1. The molecule has 4 rings (SSSR count). The highest BCUT2D eigenvalue weighted by Crippen LogP contribution is 2.48. The van der Waals surface area contributed by atoms with Crippen molar-refractivity contribution >= 4 is 54.7 Å². The van der Waals surface area contributed by atoms with Gasteiger partial charge in [-0.15, -0.1) is 11.3 Å². The summed E-state index contributed by atoms with van der Waals surface area (Å²) in [6.45, 7) is 0. The van der Waals surface area contributed by atoms with Gasteiger partial charge in [0.1, 0.15) is 5.82 Å². The quantitative estimate of drug-likeness (QED) is 0.579. The number of nitrogens with zero attached hydrogens (tertiary/aromatic N) is 2. The number of nitriles is 1. The summed E-state index contributed by atoms with van der Waals surface area (Å²) >= 11 is 8.59. The fourth-order valence-corrected chi connectivity index (χ4v) is 5.78. The lowest BCUT2D eigenvalue weighted by Gasteiger charge is -2.39. The maximum Gasteiger partial charge on any atom is 0.161 e. The van der Waals surface area contributed by atoms with Gasteiger partial charge in [-0.2, -0.15) is 5.26 Å². The third kappa shape index (κ3) is 3.06. The van der Waals surface area contributed by atoms with Gasteiger partial charge in [-0.1, -0.05) is 12.1 Å². The fourth-order valence-electron chi connectivity index (χ4n) is 3.76. The van der Waals surface area contributed by atoms with Gasteiger partial charge in [0.2, 0.25) is 0 Å². The Morgan fingerprint density at radius 1 is 1.26 bits per heavy atom. The van der Waals surface area contributed by atoms with E-state index in [0.29, 0.717) is 23.4 Å². The van der Waals surface area contributed by atoms with Crippen molar-refractivity contribution < 1.29 is 4.79 Å². The topological polar surface area (TPSA) is 70.1 Å². The van der Waals surface area contributed by atoms with Crippen molar-refractivity contribution in [2.45, 2.75) is 25.2 Å². The molecule has 136 valence electrons. The van der Waals surface area contributed by atoms with Gasteiger partial charge < -0.3 is 5.73 Å². The number of allylic oxidation sites excluding steroid dienone is 3. The summed E-state index contributed by atoms with van der Waals surface area (Å²) in [5.74, 6) is 0.100. The number of hydrogen-bond donors (Lipinski definition) is 1. The molecule has 7 heteroatoms. The Hall–Kier alpha value is -1.88. The summed E-state index contributed by atoms with van der Waals surface area (Å²) in [4.78, 5) is 15.8. The standard InChI is InChI=1S/C20H15Br2N3OS/c21-11-8-17(27-10-11)18-12(9-23)20(24)25(14-5-2-1-4-13(14)22)15-6-3-7-16(26)19(15)18/h1-2,4-5,8,10,18H,3,6-7,24H2. The third-order valence-corrected chi connectivity index (χ3v) is 7.31. The molecule has 1 aromatic carbocycles. The molecule has 0 spiro atoms. The molecule has 0 saturated heterocycles. The average molecular weight is 505 g/mol. The zero-order valence-corrected chi connectivity index (χ0v) is 18.2. The van der Waals surface area contributed by atoms with Crippen LogP contribution < -0.4 is 10.6 Å². The van der Waals surface area contributed by atoms with Gasteiger partial charge in [-0.25, -0.2) is 0 Å². The van der Waals surface area contributed by atoms with Crippen molar-refractivity contribution in [2.24, 2.45) is 5.73 Å². The first-order valence-corrected chi connectivity index (χ1v) is 10.9. The number of carbonyl (C=O) groups is 1. The van der Waals surface area contributed by atoms with Crippen LogP contribution in [0, 0.1) is 11.3 Å². The van der Waals surface area contributed by atoms with Gasteiger partial charge in [0, 0.05) is 36.9 Å². The Morgan fingerprint density at radius 3 is 2.70 bits per heavy atom. The summed E-state index contributed by atoms with van der Waals surface area (Å²) in [5.41, 5.74) is 9.41. The highest BCUT2D eigenvalue weighted by atomic mass is 79.9. The van der Waals surface area contributed by atoms with E-state index in [0.717, 1.165) is 38.0 Å². The van der Waals surface area contributed by atoms with Gasteiger partial charge in [0.05, 0.1) is 23.2 Å². The number of thiophene rings is 1. The molecule has 0 saturated carbocycles. The maximum absolute atomic E-state index is 13.0. The van der Waals surface area contributed by atoms with Crippen molar-refractivity contribution in [2.75, 3.05) is 4.90 Å². The Morgan fingerprint density at radius 2 is 2.04 bits per heavy atom. The summed E-state index contributed by atoms with van der Waals surface area (Å²) in [5, 5.41) is 11.9. The van der Waals surface area contributed by atoms with E-state index in [4.69, 9.17) is 5.73 Å². The molecule has 27 heavy (non-hydrogen) atoms.